The van der Waals surface area contributed by atoms with Crippen LogP contribution in [0.4, 0.5) is 15.9 Å². The maximum atomic E-state index is 14.7. The summed E-state index contributed by atoms with van der Waals surface area (Å²) in [5, 5.41) is 0.561. The van der Waals surface area contributed by atoms with Gasteiger partial charge in [0, 0.05) is 30.5 Å². The molecule has 0 bridgehead atoms. The molecule has 4 rings (SSSR count). The summed E-state index contributed by atoms with van der Waals surface area (Å²) in [6.07, 6.45) is 5.48. The quantitative estimate of drug-likeness (QED) is 0.314. The smallest absolute Gasteiger partial charge is 0.250 e. The number of nitrogens with zero attached hydrogens (tertiary/aromatic N) is 4. The van der Waals surface area contributed by atoms with E-state index in [9.17, 15) is 14.0 Å². The number of rotatable bonds is 8. The number of nitrogen functional groups attached to an aromatic ring is 1. The fourth-order valence-corrected chi connectivity index (χ4v) is 3.82. The van der Waals surface area contributed by atoms with Crippen molar-refractivity contribution in [3.05, 3.63) is 97.7 Å². The molecule has 0 fully saturated rings. The first-order valence-electron chi connectivity index (χ1n) is 10.5. The number of carbonyl (C=O) groups is 2. The molecular formula is C26H22FN5O2. The second-order valence-corrected chi connectivity index (χ2v) is 7.49. The van der Waals surface area contributed by atoms with Crippen molar-refractivity contribution >= 4 is 34.2 Å². The van der Waals surface area contributed by atoms with Gasteiger partial charge in [0.25, 0.3) is 0 Å². The Balaban J connectivity index is 1.74. The van der Waals surface area contributed by atoms with E-state index >= 15 is 0 Å². The number of para-hydroxylation sites is 1. The maximum absolute atomic E-state index is 14.7. The monoisotopic (exact) mass is 455 g/mol. The van der Waals surface area contributed by atoms with Crippen LogP contribution in [0, 0.1) is 5.82 Å². The molecule has 0 radical (unpaired) electrons. The molecule has 34 heavy (non-hydrogen) atoms. The van der Waals surface area contributed by atoms with Gasteiger partial charge in [-0.3, -0.25) is 9.59 Å². The predicted molar refractivity (Wildman–Crippen MR) is 131 cm³/mol. The zero-order valence-electron chi connectivity index (χ0n) is 18.3. The van der Waals surface area contributed by atoms with Crippen LogP contribution in [0.3, 0.4) is 0 Å². The number of ketones is 1. The number of benzene rings is 2. The van der Waals surface area contributed by atoms with Gasteiger partial charge in [-0.25, -0.2) is 14.4 Å². The van der Waals surface area contributed by atoms with Gasteiger partial charge in [0.1, 0.15) is 23.6 Å². The van der Waals surface area contributed by atoms with Gasteiger partial charge in [-0.05, 0) is 42.0 Å². The second kappa shape index (κ2) is 9.50. The van der Waals surface area contributed by atoms with E-state index in [4.69, 9.17) is 5.73 Å². The van der Waals surface area contributed by atoms with Gasteiger partial charge < -0.3 is 15.2 Å². The number of allylic oxidation sites excluding steroid dienone is 1. The fourth-order valence-electron chi connectivity index (χ4n) is 3.82. The molecule has 0 aliphatic heterocycles. The lowest BCUT2D eigenvalue weighted by Crippen LogP contribution is -2.32. The molecule has 0 aliphatic rings. The molecule has 0 aliphatic carbocycles. The maximum Gasteiger partial charge on any atom is 0.250 e. The highest BCUT2D eigenvalue weighted by Crippen LogP contribution is 2.33. The number of hydrogen-bond acceptors (Lipinski definition) is 5. The van der Waals surface area contributed by atoms with E-state index in [1.165, 1.54) is 24.5 Å². The second-order valence-electron chi connectivity index (χ2n) is 7.49. The molecule has 2 aromatic carbocycles. The standard InChI is InChI=1S/C26H22FN5O2/c1-3-22(33)19-11-10-17(14-21(19)27)20-15-31(26-24(20)25(28)29-16-30-26)12-13-32(23(34)4-2)18-8-6-5-7-9-18/h3-11,14-16H,1-2,12-13H2,(H2,28,29,30). The Kier molecular flexibility index (Phi) is 6.31. The van der Waals surface area contributed by atoms with Crippen LogP contribution in [0.5, 0.6) is 0 Å². The third kappa shape index (κ3) is 4.21. The summed E-state index contributed by atoms with van der Waals surface area (Å²) in [5.41, 5.74) is 8.52. The SMILES string of the molecule is C=CC(=O)c1ccc(-c2cn(CCN(C(=O)C=C)c3ccccc3)c3ncnc(N)c23)cc1F. The first-order chi connectivity index (χ1) is 16.4. The van der Waals surface area contributed by atoms with Crippen molar-refractivity contribution in [2.24, 2.45) is 0 Å². The molecule has 7 nitrogen and oxygen atoms in total. The first-order valence-corrected chi connectivity index (χ1v) is 10.5. The molecule has 0 atom stereocenters. The highest BCUT2D eigenvalue weighted by Gasteiger charge is 2.19. The summed E-state index contributed by atoms with van der Waals surface area (Å²) in [7, 11) is 0. The Morgan fingerprint density at radius 2 is 1.85 bits per heavy atom. The summed E-state index contributed by atoms with van der Waals surface area (Å²) in [6, 6.07) is 13.6. The van der Waals surface area contributed by atoms with Gasteiger partial charge >= 0.3 is 0 Å². The Morgan fingerprint density at radius 3 is 2.53 bits per heavy atom. The fraction of sp³-hybridized carbons (Fsp3) is 0.0769. The molecule has 2 heterocycles. The number of amides is 1. The third-order valence-corrected chi connectivity index (χ3v) is 5.49. The Labute approximate surface area is 195 Å². The van der Waals surface area contributed by atoms with Crippen molar-refractivity contribution in [3.8, 4) is 11.1 Å². The van der Waals surface area contributed by atoms with Gasteiger partial charge in [-0.15, -0.1) is 0 Å². The van der Waals surface area contributed by atoms with Gasteiger partial charge in [-0.1, -0.05) is 37.4 Å². The summed E-state index contributed by atoms with van der Waals surface area (Å²) in [5.74, 6) is -1.15. The van der Waals surface area contributed by atoms with E-state index in [2.05, 4.69) is 23.1 Å². The van der Waals surface area contributed by atoms with Crippen molar-refractivity contribution in [1.82, 2.24) is 14.5 Å². The molecule has 4 aromatic rings. The van der Waals surface area contributed by atoms with Gasteiger partial charge in [0.05, 0.1) is 10.9 Å². The van der Waals surface area contributed by atoms with Gasteiger partial charge in [0.15, 0.2) is 5.78 Å². The van der Waals surface area contributed by atoms with Crippen molar-refractivity contribution in [2.45, 2.75) is 6.54 Å². The van der Waals surface area contributed by atoms with E-state index in [0.29, 0.717) is 35.2 Å². The Morgan fingerprint density at radius 1 is 1.09 bits per heavy atom. The molecule has 2 N–H and O–H groups in total. The largest absolute Gasteiger partial charge is 0.383 e. The summed E-state index contributed by atoms with van der Waals surface area (Å²) >= 11 is 0. The van der Waals surface area contributed by atoms with Crippen molar-refractivity contribution in [2.75, 3.05) is 17.2 Å². The highest BCUT2D eigenvalue weighted by molar-refractivity contribution is 6.05. The molecule has 0 saturated heterocycles. The van der Waals surface area contributed by atoms with Crippen LogP contribution in [0.25, 0.3) is 22.2 Å². The van der Waals surface area contributed by atoms with Crippen molar-refractivity contribution < 1.29 is 14.0 Å². The van der Waals surface area contributed by atoms with E-state index < -0.39 is 11.6 Å². The van der Waals surface area contributed by atoms with E-state index in [1.807, 2.05) is 34.9 Å². The number of aromatic nitrogens is 3. The normalized spacial score (nSPS) is 10.7. The number of anilines is 2. The Hall–Kier alpha value is -4.59. The summed E-state index contributed by atoms with van der Waals surface area (Å²) in [4.78, 5) is 34.4. The van der Waals surface area contributed by atoms with E-state index in [-0.39, 0.29) is 17.3 Å². The van der Waals surface area contributed by atoms with Crippen molar-refractivity contribution in [3.63, 3.8) is 0 Å². The van der Waals surface area contributed by atoms with Crippen LogP contribution in [0.1, 0.15) is 10.4 Å². The molecule has 0 saturated carbocycles. The number of hydrogen-bond donors (Lipinski definition) is 1. The van der Waals surface area contributed by atoms with Crippen molar-refractivity contribution in [1.29, 1.82) is 0 Å². The lowest BCUT2D eigenvalue weighted by Gasteiger charge is -2.21. The number of fused-ring (bicyclic) bond motifs is 1. The molecule has 170 valence electrons. The minimum absolute atomic E-state index is 0.0619. The van der Waals surface area contributed by atoms with Crippen LogP contribution >= 0.6 is 0 Å². The molecule has 1 amide bonds. The molecule has 0 spiro atoms. The first kappa shape index (κ1) is 22.6. The molecule has 0 unspecified atom stereocenters. The topological polar surface area (TPSA) is 94.1 Å². The highest BCUT2D eigenvalue weighted by atomic mass is 19.1. The molecule has 2 aromatic heterocycles. The van der Waals surface area contributed by atoms with Gasteiger partial charge in [-0.2, -0.15) is 0 Å². The van der Waals surface area contributed by atoms with Gasteiger partial charge in [0.2, 0.25) is 5.91 Å². The molecular weight excluding hydrogens is 433 g/mol. The van der Waals surface area contributed by atoms with E-state index in [0.717, 1.165) is 11.8 Å². The lowest BCUT2D eigenvalue weighted by molar-refractivity contribution is -0.114. The van der Waals surface area contributed by atoms with E-state index in [1.54, 1.807) is 17.2 Å². The minimum atomic E-state index is -0.662. The summed E-state index contributed by atoms with van der Waals surface area (Å²) in [6.45, 7) is 7.73. The number of carbonyl (C=O) groups excluding carboxylic acids is 2. The Bertz CT molecular complexity index is 1410. The van der Waals surface area contributed by atoms with Crippen LogP contribution in [-0.4, -0.2) is 32.8 Å². The van der Waals surface area contributed by atoms with Crippen LogP contribution < -0.4 is 10.6 Å². The molecule has 8 heteroatoms. The van der Waals surface area contributed by atoms with Crippen LogP contribution in [0.15, 0.2) is 86.4 Å². The number of halogens is 1. The minimum Gasteiger partial charge on any atom is -0.383 e. The van der Waals surface area contributed by atoms with Crippen LogP contribution in [0.2, 0.25) is 0 Å². The zero-order valence-corrected chi connectivity index (χ0v) is 18.3. The summed E-state index contributed by atoms with van der Waals surface area (Å²) < 4.78 is 16.5. The third-order valence-electron chi connectivity index (χ3n) is 5.49. The van der Waals surface area contributed by atoms with Crippen LogP contribution in [-0.2, 0) is 11.3 Å². The zero-order chi connectivity index (χ0) is 24.2. The lowest BCUT2D eigenvalue weighted by atomic mass is 10.0. The number of nitrogens with two attached hydrogens (primary N) is 1. The average molecular weight is 455 g/mol. The average Bonchev–Trinajstić information content (AvgIpc) is 3.24. The predicted octanol–water partition coefficient (Wildman–Crippen LogP) is 4.41.